The number of benzene rings is 2. The van der Waals surface area contributed by atoms with Crippen molar-refractivity contribution in [3.63, 3.8) is 0 Å². The van der Waals surface area contributed by atoms with E-state index in [0.29, 0.717) is 22.4 Å². The summed E-state index contributed by atoms with van der Waals surface area (Å²) >= 11 is 5.22. The van der Waals surface area contributed by atoms with Crippen LogP contribution in [0.2, 0.25) is 0 Å². The number of hydrazone groups is 1. The number of nitrogens with zero attached hydrogens (tertiary/aromatic N) is 1. The zero-order valence-electron chi connectivity index (χ0n) is 15.1. The van der Waals surface area contributed by atoms with Crippen molar-refractivity contribution in [1.29, 1.82) is 0 Å². The second-order valence-corrected chi connectivity index (χ2v) is 5.73. The van der Waals surface area contributed by atoms with Gasteiger partial charge < -0.3 is 19.5 Å². The van der Waals surface area contributed by atoms with Gasteiger partial charge in [-0.3, -0.25) is 5.43 Å². The Balaban J connectivity index is 1.88. The highest BCUT2D eigenvalue weighted by molar-refractivity contribution is 7.80. The van der Waals surface area contributed by atoms with Gasteiger partial charge >= 0.3 is 0 Å². The van der Waals surface area contributed by atoms with E-state index in [1.54, 1.807) is 39.7 Å². The maximum absolute atomic E-state index is 5.32. The van der Waals surface area contributed by atoms with Gasteiger partial charge in [0.05, 0.1) is 27.5 Å². The van der Waals surface area contributed by atoms with E-state index in [4.69, 9.17) is 26.4 Å². The maximum Gasteiger partial charge on any atom is 0.203 e. The lowest BCUT2D eigenvalue weighted by Crippen LogP contribution is -2.33. The van der Waals surface area contributed by atoms with Crippen molar-refractivity contribution in [2.45, 2.75) is 6.42 Å². The Morgan fingerprint density at radius 2 is 1.69 bits per heavy atom. The molecule has 26 heavy (non-hydrogen) atoms. The predicted octanol–water partition coefficient (Wildman–Crippen LogP) is 2.75. The number of nitrogens with one attached hydrogen (secondary N) is 2. The zero-order chi connectivity index (χ0) is 18.8. The highest BCUT2D eigenvalue weighted by Crippen LogP contribution is 2.37. The molecule has 0 aliphatic heterocycles. The summed E-state index contributed by atoms with van der Waals surface area (Å²) in [5.74, 6) is 1.67. The maximum atomic E-state index is 5.32. The second-order valence-electron chi connectivity index (χ2n) is 5.32. The van der Waals surface area contributed by atoms with Gasteiger partial charge in [-0.25, -0.2) is 0 Å². The predicted molar refractivity (Wildman–Crippen MR) is 108 cm³/mol. The fourth-order valence-electron chi connectivity index (χ4n) is 2.35. The van der Waals surface area contributed by atoms with E-state index in [1.807, 2.05) is 18.2 Å². The third kappa shape index (κ3) is 5.63. The summed E-state index contributed by atoms with van der Waals surface area (Å²) in [5.41, 5.74) is 4.84. The minimum absolute atomic E-state index is 0.463. The summed E-state index contributed by atoms with van der Waals surface area (Å²) in [6.07, 6.45) is 2.52. The first-order valence-corrected chi connectivity index (χ1v) is 8.49. The van der Waals surface area contributed by atoms with Crippen LogP contribution in [-0.2, 0) is 6.42 Å². The molecule has 0 fully saturated rings. The Hall–Kier alpha value is -2.80. The average Bonchev–Trinajstić information content (AvgIpc) is 2.68. The first-order chi connectivity index (χ1) is 12.7. The molecule has 2 aromatic rings. The molecule has 0 unspecified atom stereocenters. The van der Waals surface area contributed by atoms with Crippen molar-refractivity contribution in [3.05, 3.63) is 53.6 Å². The zero-order valence-corrected chi connectivity index (χ0v) is 15.9. The van der Waals surface area contributed by atoms with Crippen LogP contribution in [0.3, 0.4) is 0 Å². The van der Waals surface area contributed by atoms with Crippen molar-refractivity contribution < 1.29 is 14.2 Å². The lowest BCUT2D eigenvalue weighted by atomic mass is 10.1. The topological polar surface area (TPSA) is 64.1 Å². The molecular weight excluding hydrogens is 350 g/mol. The molecule has 6 nitrogen and oxygen atoms in total. The lowest BCUT2D eigenvalue weighted by Gasteiger charge is -2.12. The van der Waals surface area contributed by atoms with Gasteiger partial charge in [-0.2, -0.15) is 5.10 Å². The highest BCUT2D eigenvalue weighted by Gasteiger charge is 2.12. The standard InChI is InChI=1S/C19H23N3O3S/c1-23-16-11-15(12-17(24-2)18(16)25-3)13-21-22-19(26)20-10-9-14-7-5-4-6-8-14/h4-8,11-13H,9-10H2,1-3H3,(H2,20,22,26)/b21-13-. The molecule has 7 heteroatoms. The van der Waals surface area contributed by atoms with Crippen LogP contribution in [0.1, 0.15) is 11.1 Å². The molecule has 0 saturated heterocycles. The molecule has 0 aromatic heterocycles. The number of methoxy groups -OCH3 is 3. The van der Waals surface area contributed by atoms with E-state index in [2.05, 4.69) is 28.0 Å². The Labute approximate surface area is 159 Å². The van der Waals surface area contributed by atoms with Crippen LogP contribution in [0.5, 0.6) is 17.2 Å². The third-order valence-electron chi connectivity index (χ3n) is 3.61. The van der Waals surface area contributed by atoms with E-state index < -0.39 is 0 Å². The van der Waals surface area contributed by atoms with E-state index >= 15 is 0 Å². The monoisotopic (exact) mass is 373 g/mol. The van der Waals surface area contributed by atoms with Gasteiger partial charge in [0.1, 0.15) is 0 Å². The van der Waals surface area contributed by atoms with E-state index in [1.165, 1.54) is 5.56 Å². The first kappa shape index (κ1) is 19.5. The highest BCUT2D eigenvalue weighted by atomic mass is 32.1. The van der Waals surface area contributed by atoms with Gasteiger partial charge in [0.2, 0.25) is 5.75 Å². The van der Waals surface area contributed by atoms with Gasteiger partial charge in [0.25, 0.3) is 0 Å². The van der Waals surface area contributed by atoms with E-state index in [9.17, 15) is 0 Å². The van der Waals surface area contributed by atoms with Gasteiger partial charge in [-0.15, -0.1) is 0 Å². The van der Waals surface area contributed by atoms with Gasteiger partial charge in [-0.05, 0) is 36.3 Å². The van der Waals surface area contributed by atoms with Crippen molar-refractivity contribution >= 4 is 23.5 Å². The molecular formula is C19H23N3O3S. The minimum atomic E-state index is 0.463. The van der Waals surface area contributed by atoms with Gasteiger partial charge in [-0.1, -0.05) is 30.3 Å². The number of hydrogen-bond donors (Lipinski definition) is 2. The van der Waals surface area contributed by atoms with Crippen LogP contribution in [0, 0.1) is 0 Å². The van der Waals surface area contributed by atoms with Crippen LogP contribution in [0.15, 0.2) is 47.6 Å². The van der Waals surface area contributed by atoms with Crippen LogP contribution < -0.4 is 25.0 Å². The van der Waals surface area contributed by atoms with Gasteiger partial charge in [0.15, 0.2) is 16.6 Å². The number of thiocarbonyl (C=S) groups is 1. The van der Waals surface area contributed by atoms with Crippen molar-refractivity contribution in [2.75, 3.05) is 27.9 Å². The SMILES string of the molecule is COc1cc(/C=N\NC(=S)NCCc2ccccc2)cc(OC)c1OC. The summed E-state index contributed by atoms with van der Waals surface area (Å²) in [4.78, 5) is 0. The summed E-state index contributed by atoms with van der Waals surface area (Å²) < 4.78 is 15.9. The number of rotatable bonds is 8. The lowest BCUT2D eigenvalue weighted by molar-refractivity contribution is 0.324. The molecule has 2 N–H and O–H groups in total. The summed E-state index contributed by atoms with van der Waals surface area (Å²) in [6.45, 7) is 0.732. The van der Waals surface area contributed by atoms with Crippen molar-refractivity contribution in [1.82, 2.24) is 10.7 Å². The molecule has 0 atom stereocenters. The number of ether oxygens (including phenoxy) is 3. The number of hydrogen-bond acceptors (Lipinski definition) is 5. The van der Waals surface area contributed by atoms with Crippen LogP contribution >= 0.6 is 12.2 Å². The van der Waals surface area contributed by atoms with Crippen molar-refractivity contribution in [2.24, 2.45) is 5.10 Å². The molecule has 0 spiro atoms. The van der Waals surface area contributed by atoms with Gasteiger partial charge in [0, 0.05) is 12.1 Å². The van der Waals surface area contributed by atoms with Crippen molar-refractivity contribution in [3.8, 4) is 17.2 Å². The fourth-order valence-corrected chi connectivity index (χ4v) is 2.50. The largest absolute Gasteiger partial charge is 0.493 e. The molecule has 0 aliphatic carbocycles. The Morgan fingerprint density at radius 3 is 2.27 bits per heavy atom. The molecule has 0 amide bonds. The molecule has 0 radical (unpaired) electrons. The molecule has 138 valence electrons. The molecule has 2 rings (SSSR count). The van der Waals surface area contributed by atoms with Crippen LogP contribution in [-0.4, -0.2) is 39.2 Å². The third-order valence-corrected chi connectivity index (χ3v) is 3.84. The second kappa shape index (κ2) is 10.2. The Morgan fingerprint density at radius 1 is 1.04 bits per heavy atom. The minimum Gasteiger partial charge on any atom is -0.493 e. The van der Waals surface area contributed by atoms with E-state index in [0.717, 1.165) is 18.5 Å². The Kier molecular flexibility index (Phi) is 7.70. The molecule has 2 aromatic carbocycles. The Bertz CT molecular complexity index is 726. The molecule has 0 heterocycles. The molecule has 0 aliphatic rings. The molecule has 0 saturated carbocycles. The van der Waals surface area contributed by atoms with Crippen LogP contribution in [0.4, 0.5) is 0 Å². The fraction of sp³-hybridized carbons (Fsp3) is 0.263. The summed E-state index contributed by atoms with van der Waals surface area (Å²) in [7, 11) is 4.71. The molecule has 0 bridgehead atoms. The normalized spacial score (nSPS) is 10.4. The summed E-state index contributed by atoms with van der Waals surface area (Å²) in [5, 5.41) is 7.72. The van der Waals surface area contributed by atoms with E-state index in [-0.39, 0.29) is 0 Å². The van der Waals surface area contributed by atoms with Crippen LogP contribution in [0.25, 0.3) is 0 Å². The smallest absolute Gasteiger partial charge is 0.203 e. The first-order valence-electron chi connectivity index (χ1n) is 8.08. The summed E-state index contributed by atoms with van der Waals surface area (Å²) in [6, 6.07) is 13.8. The quantitative estimate of drug-likeness (QED) is 0.421. The average molecular weight is 373 g/mol.